The van der Waals surface area contributed by atoms with Crippen LogP contribution in [0.1, 0.15) is 23.2 Å². The second-order valence-electron chi connectivity index (χ2n) is 5.23. The minimum absolute atomic E-state index is 0.108. The minimum Gasteiger partial charge on any atom is -0.386 e. The maximum absolute atomic E-state index is 12.7. The fraction of sp³-hybridized carbons (Fsp3) is 0.571. The molecule has 1 N–H and O–H groups in total. The van der Waals surface area contributed by atoms with Crippen LogP contribution in [-0.4, -0.2) is 61.0 Å². The third-order valence-corrected chi connectivity index (χ3v) is 3.53. The molecule has 1 aliphatic rings. The first kappa shape index (κ1) is 13.8. The highest BCUT2D eigenvalue weighted by Gasteiger charge is 2.30. The average Bonchev–Trinajstić information content (AvgIpc) is 2.85. The lowest BCUT2D eigenvalue weighted by atomic mass is 10.1. The number of hydrogen-bond donors (Lipinski definition) is 1. The summed E-state index contributed by atoms with van der Waals surface area (Å²) < 4.78 is 0. The average molecular weight is 262 g/mol. The van der Waals surface area contributed by atoms with E-state index in [4.69, 9.17) is 0 Å². The van der Waals surface area contributed by atoms with Gasteiger partial charge in [0.05, 0.1) is 17.4 Å². The summed E-state index contributed by atoms with van der Waals surface area (Å²) in [4.78, 5) is 20.8. The van der Waals surface area contributed by atoms with Crippen LogP contribution in [0.25, 0.3) is 0 Å². The van der Waals surface area contributed by atoms with E-state index in [-0.39, 0.29) is 5.91 Å². The summed E-state index contributed by atoms with van der Waals surface area (Å²) in [7, 11) is 5.91. The van der Waals surface area contributed by atoms with Gasteiger partial charge in [-0.2, -0.15) is 0 Å². The number of rotatable bonds is 4. The van der Waals surface area contributed by atoms with Crippen molar-refractivity contribution < 1.29 is 4.79 Å². The molecule has 1 aromatic rings. The molecule has 0 spiro atoms. The van der Waals surface area contributed by atoms with Crippen LogP contribution in [-0.2, 0) is 0 Å². The lowest BCUT2D eigenvalue weighted by molar-refractivity contribution is 0.0717. The molecule has 1 atom stereocenters. The van der Waals surface area contributed by atoms with Gasteiger partial charge < -0.3 is 15.1 Å². The molecule has 104 valence electrons. The molecular weight excluding hydrogens is 240 g/mol. The molecule has 0 aromatic carbocycles. The van der Waals surface area contributed by atoms with Crippen molar-refractivity contribution in [3.63, 3.8) is 0 Å². The van der Waals surface area contributed by atoms with Crippen molar-refractivity contribution in [1.29, 1.82) is 0 Å². The van der Waals surface area contributed by atoms with Crippen LogP contribution in [0.2, 0.25) is 0 Å². The molecule has 0 aliphatic carbocycles. The molecule has 0 bridgehead atoms. The third kappa shape index (κ3) is 3.04. The van der Waals surface area contributed by atoms with E-state index in [0.29, 0.717) is 11.6 Å². The second kappa shape index (κ2) is 6.02. The summed E-state index contributed by atoms with van der Waals surface area (Å²) >= 11 is 0. The van der Waals surface area contributed by atoms with Gasteiger partial charge in [-0.15, -0.1) is 0 Å². The molecule has 19 heavy (non-hydrogen) atoms. The minimum atomic E-state index is 0.108. The van der Waals surface area contributed by atoms with E-state index in [1.54, 1.807) is 18.5 Å². The summed E-state index contributed by atoms with van der Waals surface area (Å²) in [6.07, 6.45) is 5.55. The van der Waals surface area contributed by atoms with Gasteiger partial charge in [0.15, 0.2) is 0 Å². The van der Waals surface area contributed by atoms with Gasteiger partial charge in [0.25, 0.3) is 5.91 Å². The highest BCUT2D eigenvalue weighted by molar-refractivity contribution is 5.99. The first-order valence-electron chi connectivity index (χ1n) is 6.71. The van der Waals surface area contributed by atoms with Gasteiger partial charge in [-0.3, -0.25) is 9.78 Å². The van der Waals surface area contributed by atoms with Gasteiger partial charge in [0.2, 0.25) is 0 Å². The highest BCUT2D eigenvalue weighted by Crippen LogP contribution is 2.23. The molecule has 1 aliphatic heterocycles. The lowest BCUT2D eigenvalue weighted by Crippen LogP contribution is -2.41. The molecular formula is C14H22N4O. The smallest absolute Gasteiger partial charge is 0.256 e. The molecule has 1 aromatic heterocycles. The third-order valence-electron chi connectivity index (χ3n) is 3.53. The summed E-state index contributed by atoms with van der Waals surface area (Å²) in [5.74, 6) is 0.108. The number of amides is 1. The molecule has 0 saturated carbocycles. The summed E-state index contributed by atoms with van der Waals surface area (Å²) in [5.41, 5.74) is 1.51. The Balaban J connectivity index is 2.18. The Labute approximate surface area is 114 Å². The van der Waals surface area contributed by atoms with Crippen LogP contribution in [0, 0.1) is 0 Å². The van der Waals surface area contributed by atoms with E-state index in [9.17, 15) is 4.79 Å². The second-order valence-corrected chi connectivity index (χ2v) is 5.23. The fourth-order valence-electron chi connectivity index (χ4n) is 2.65. The Bertz CT molecular complexity index is 447. The summed E-state index contributed by atoms with van der Waals surface area (Å²) in [5, 5.41) is 3.04. The van der Waals surface area contributed by atoms with Gasteiger partial charge in [0.1, 0.15) is 0 Å². The Morgan fingerprint density at radius 3 is 3.05 bits per heavy atom. The van der Waals surface area contributed by atoms with Crippen LogP contribution in [0.4, 0.5) is 5.69 Å². The topological polar surface area (TPSA) is 48.5 Å². The molecule has 1 amide bonds. The van der Waals surface area contributed by atoms with Gasteiger partial charge in [-0.05, 0) is 33.0 Å². The van der Waals surface area contributed by atoms with Crippen molar-refractivity contribution in [1.82, 2.24) is 14.8 Å². The number of likely N-dealkylation sites (tertiary alicyclic amines) is 1. The molecule has 2 rings (SSSR count). The normalized spacial score (nSPS) is 18.9. The SMILES string of the molecule is CNc1cnccc1C(=O)N1CCCC1CN(C)C. The van der Waals surface area contributed by atoms with E-state index >= 15 is 0 Å². The molecule has 1 unspecified atom stereocenters. The van der Waals surface area contributed by atoms with E-state index < -0.39 is 0 Å². The number of nitrogens with one attached hydrogen (secondary N) is 1. The molecule has 5 nitrogen and oxygen atoms in total. The molecule has 5 heteroatoms. The van der Waals surface area contributed by atoms with Crippen LogP contribution in [0.5, 0.6) is 0 Å². The number of pyridine rings is 1. The highest BCUT2D eigenvalue weighted by atomic mass is 16.2. The first-order valence-corrected chi connectivity index (χ1v) is 6.71. The molecule has 0 radical (unpaired) electrons. The number of hydrogen-bond acceptors (Lipinski definition) is 4. The number of carbonyl (C=O) groups excluding carboxylic acids is 1. The largest absolute Gasteiger partial charge is 0.386 e. The predicted octanol–water partition coefficient (Wildman–Crippen LogP) is 1.29. The monoisotopic (exact) mass is 262 g/mol. The number of aromatic nitrogens is 1. The van der Waals surface area contributed by atoms with Crippen molar-refractivity contribution in [3.05, 3.63) is 24.0 Å². The Kier molecular flexibility index (Phi) is 4.37. The zero-order chi connectivity index (χ0) is 13.8. The molecule has 2 heterocycles. The maximum atomic E-state index is 12.7. The molecule has 1 fully saturated rings. The van der Waals surface area contributed by atoms with Gasteiger partial charge in [-0.1, -0.05) is 0 Å². The summed E-state index contributed by atoms with van der Waals surface area (Å²) in [6, 6.07) is 2.11. The zero-order valence-corrected chi connectivity index (χ0v) is 11.9. The fourth-order valence-corrected chi connectivity index (χ4v) is 2.65. The van der Waals surface area contributed by atoms with Gasteiger partial charge in [-0.25, -0.2) is 0 Å². The van der Waals surface area contributed by atoms with Crippen LogP contribution >= 0.6 is 0 Å². The van der Waals surface area contributed by atoms with E-state index in [2.05, 4.69) is 15.2 Å². The van der Waals surface area contributed by atoms with E-state index in [0.717, 1.165) is 31.6 Å². The van der Waals surface area contributed by atoms with E-state index in [1.165, 1.54) is 0 Å². The maximum Gasteiger partial charge on any atom is 0.256 e. The van der Waals surface area contributed by atoms with Crippen LogP contribution in [0.3, 0.4) is 0 Å². The number of anilines is 1. The Hall–Kier alpha value is -1.62. The summed E-state index contributed by atoms with van der Waals surface area (Å²) in [6.45, 7) is 1.77. The van der Waals surface area contributed by atoms with Crippen molar-refractivity contribution in [2.75, 3.05) is 39.5 Å². The van der Waals surface area contributed by atoms with Crippen molar-refractivity contribution in [3.8, 4) is 0 Å². The predicted molar refractivity (Wildman–Crippen MR) is 76.4 cm³/mol. The lowest BCUT2D eigenvalue weighted by Gasteiger charge is -2.27. The first-order chi connectivity index (χ1) is 9.13. The number of carbonyl (C=O) groups is 1. The Morgan fingerprint density at radius 1 is 1.58 bits per heavy atom. The quantitative estimate of drug-likeness (QED) is 0.888. The van der Waals surface area contributed by atoms with Crippen LogP contribution in [0.15, 0.2) is 18.5 Å². The van der Waals surface area contributed by atoms with Crippen molar-refractivity contribution in [2.45, 2.75) is 18.9 Å². The zero-order valence-electron chi connectivity index (χ0n) is 11.9. The number of nitrogens with zero attached hydrogens (tertiary/aromatic N) is 3. The van der Waals surface area contributed by atoms with Crippen LogP contribution < -0.4 is 5.32 Å². The van der Waals surface area contributed by atoms with Gasteiger partial charge >= 0.3 is 0 Å². The molecule has 1 saturated heterocycles. The van der Waals surface area contributed by atoms with Crippen molar-refractivity contribution in [2.24, 2.45) is 0 Å². The van der Waals surface area contributed by atoms with Crippen molar-refractivity contribution >= 4 is 11.6 Å². The Morgan fingerprint density at radius 2 is 2.37 bits per heavy atom. The standard InChI is InChI=1S/C14H22N4O/c1-15-13-9-16-7-6-12(13)14(19)18-8-4-5-11(18)10-17(2)3/h6-7,9,11,15H,4-5,8,10H2,1-3H3. The van der Waals surface area contributed by atoms with Gasteiger partial charge in [0, 0.05) is 32.4 Å². The number of likely N-dealkylation sites (N-methyl/N-ethyl adjacent to an activating group) is 1. The van der Waals surface area contributed by atoms with E-state index in [1.807, 2.05) is 26.0 Å².